The number of hydrogen-bond donors (Lipinski definition) is 1. The number of benzene rings is 2. The van der Waals surface area contributed by atoms with Crippen molar-refractivity contribution in [1.29, 1.82) is 0 Å². The van der Waals surface area contributed by atoms with Gasteiger partial charge >= 0.3 is 5.97 Å². The quantitative estimate of drug-likeness (QED) is 0.618. The fourth-order valence-electron chi connectivity index (χ4n) is 2.43. The van der Waals surface area contributed by atoms with E-state index in [-0.39, 0.29) is 22.7 Å². The lowest BCUT2D eigenvalue weighted by molar-refractivity contribution is 0.0528. The summed E-state index contributed by atoms with van der Waals surface area (Å²) in [5.41, 5.74) is 0.721. The van der Waals surface area contributed by atoms with Gasteiger partial charge in [-0.2, -0.15) is 0 Å². The number of hydrogen-bond acceptors (Lipinski definition) is 4. The lowest BCUT2D eigenvalue weighted by Crippen LogP contribution is -2.15. The van der Waals surface area contributed by atoms with E-state index in [2.05, 4.69) is 5.32 Å². The summed E-state index contributed by atoms with van der Waals surface area (Å²) in [5.74, 6) is -3.13. The third kappa shape index (κ3) is 4.20. The highest BCUT2D eigenvalue weighted by atomic mass is 32.1. The minimum atomic E-state index is -0.981. The molecule has 0 aliphatic heterocycles. The lowest BCUT2D eigenvalue weighted by Gasteiger charge is -2.07. The number of carbonyl (C=O) groups is 2. The van der Waals surface area contributed by atoms with Gasteiger partial charge in [0.1, 0.15) is 16.6 Å². The molecule has 0 saturated carbocycles. The summed E-state index contributed by atoms with van der Waals surface area (Å²) < 4.78 is 32.0. The average Bonchev–Trinajstić information content (AvgIpc) is 3.06. The van der Waals surface area contributed by atoms with E-state index >= 15 is 0 Å². The van der Waals surface area contributed by atoms with E-state index in [1.54, 1.807) is 13.0 Å². The Bertz CT molecular complexity index is 986. The van der Waals surface area contributed by atoms with Gasteiger partial charge in [0, 0.05) is 10.9 Å². The van der Waals surface area contributed by atoms with Crippen LogP contribution in [0.15, 0.2) is 54.6 Å². The summed E-state index contributed by atoms with van der Waals surface area (Å²) in [4.78, 5) is 25.4. The van der Waals surface area contributed by atoms with Crippen LogP contribution in [0.1, 0.15) is 27.6 Å². The number of nitrogens with one attached hydrogen (secondary N) is 1. The van der Waals surface area contributed by atoms with Crippen molar-refractivity contribution in [3.63, 3.8) is 0 Å². The van der Waals surface area contributed by atoms with Crippen molar-refractivity contribution in [2.75, 3.05) is 11.9 Å². The van der Waals surface area contributed by atoms with Crippen LogP contribution >= 0.6 is 11.3 Å². The van der Waals surface area contributed by atoms with Gasteiger partial charge in [-0.15, -0.1) is 11.3 Å². The maximum Gasteiger partial charge on any atom is 0.341 e. The number of thiophene rings is 1. The smallest absolute Gasteiger partial charge is 0.341 e. The molecular weight excluding hydrogens is 372 g/mol. The van der Waals surface area contributed by atoms with E-state index in [0.29, 0.717) is 6.07 Å². The van der Waals surface area contributed by atoms with Crippen molar-refractivity contribution in [2.45, 2.75) is 6.92 Å². The topological polar surface area (TPSA) is 55.4 Å². The van der Waals surface area contributed by atoms with Crippen LogP contribution in [-0.4, -0.2) is 18.5 Å². The largest absolute Gasteiger partial charge is 0.462 e. The minimum Gasteiger partial charge on any atom is -0.462 e. The molecule has 0 atom stereocenters. The Morgan fingerprint density at radius 2 is 1.78 bits per heavy atom. The van der Waals surface area contributed by atoms with E-state index in [4.69, 9.17) is 4.74 Å². The number of amides is 1. The highest BCUT2D eigenvalue weighted by Crippen LogP contribution is 2.36. The zero-order valence-electron chi connectivity index (χ0n) is 14.3. The number of esters is 1. The first-order valence-electron chi connectivity index (χ1n) is 8.12. The van der Waals surface area contributed by atoms with Crippen LogP contribution < -0.4 is 5.32 Å². The SMILES string of the molecule is CCOC(=O)c1cc(-c2ccccc2)sc1NC(=O)c1ccc(F)cc1F. The number of rotatable bonds is 5. The Kier molecular flexibility index (Phi) is 5.61. The molecule has 0 aliphatic rings. The van der Waals surface area contributed by atoms with Gasteiger partial charge in [0.25, 0.3) is 5.91 Å². The standard InChI is InChI=1S/C20H15F2NO3S/c1-2-26-20(25)15-11-17(12-6-4-3-5-7-12)27-19(15)23-18(24)14-9-8-13(21)10-16(14)22/h3-11H,2H2,1H3,(H,23,24). The maximum absolute atomic E-state index is 13.9. The molecule has 1 heterocycles. The number of halogens is 2. The molecule has 1 N–H and O–H groups in total. The second kappa shape index (κ2) is 8.09. The predicted molar refractivity (Wildman–Crippen MR) is 100 cm³/mol. The Hall–Kier alpha value is -3.06. The van der Waals surface area contributed by atoms with Crippen LogP contribution in [0.25, 0.3) is 10.4 Å². The number of carbonyl (C=O) groups excluding carboxylic acids is 2. The maximum atomic E-state index is 13.9. The van der Waals surface area contributed by atoms with E-state index < -0.39 is 23.5 Å². The third-order valence-electron chi connectivity index (χ3n) is 3.69. The van der Waals surface area contributed by atoms with Crippen molar-refractivity contribution in [2.24, 2.45) is 0 Å². The second-order valence-electron chi connectivity index (χ2n) is 5.52. The summed E-state index contributed by atoms with van der Waals surface area (Å²) in [6.07, 6.45) is 0. The molecule has 2 aromatic carbocycles. The molecule has 7 heteroatoms. The molecule has 0 fully saturated rings. The van der Waals surface area contributed by atoms with Crippen LogP contribution in [0, 0.1) is 11.6 Å². The fourth-order valence-corrected chi connectivity index (χ4v) is 3.48. The third-order valence-corrected chi connectivity index (χ3v) is 4.79. The van der Waals surface area contributed by atoms with Gasteiger partial charge in [0.15, 0.2) is 0 Å². The van der Waals surface area contributed by atoms with Gasteiger partial charge in [0.2, 0.25) is 0 Å². The van der Waals surface area contributed by atoms with Crippen LogP contribution in [-0.2, 0) is 4.74 Å². The fraction of sp³-hybridized carbons (Fsp3) is 0.100. The van der Waals surface area contributed by atoms with Gasteiger partial charge in [-0.05, 0) is 30.7 Å². The zero-order chi connectivity index (χ0) is 19.4. The molecule has 0 bridgehead atoms. The van der Waals surface area contributed by atoms with Crippen molar-refractivity contribution >= 4 is 28.2 Å². The molecule has 0 aliphatic carbocycles. The first kappa shape index (κ1) is 18.7. The van der Waals surface area contributed by atoms with Crippen molar-refractivity contribution in [3.8, 4) is 10.4 Å². The van der Waals surface area contributed by atoms with Gasteiger partial charge in [-0.25, -0.2) is 13.6 Å². The summed E-state index contributed by atoms with van der Waals surface area (Å²) in [6.45, 7) is 1.85. The van der Waals surface area contributed by atoms with Gasteiger partial charge < -0.3 is 10.1 Å². The molecule has 3 aromatic rings. The Labute approximate surface area is 158 Å². The second-order valence-corrected chi connectivity index (χ2v) is 6.57. The summed E-state index contributed by atoms with van der Waals surface area (Å²) in [5, 5.41) is 2.77. The molecule has 1 amide bonds. The summed E-state index contributed by atoms with van der Waals surface area (Å²) in [7, 11) is 0. The molecule has 0 unspecified atom stereocenters. The van der Waals surface area contributed by atoms with E-state index in [1.165, 1.54) is 11.3 Å². The van der Waals surface area contributed by atoms with Crippen LogP contribution in [0.5, 0.6) is 0 Å². The highest BCUT2D eigenvalue weighted by Gasteiger charge is 2.21. The van der Waals surface area contributed by atoms with E-state index in [9.17, 15) is 18.4 Å². The van der Waals surface area contributed by atoms with Crippen LogP contribution in [0.4, 0.5) is 13.8 Å². The molecule has 0 spiro atoms. The molecule has 0 saturated heterocycles. The highest BCUT2D eigenvalue weighted by molar-refractivity contribution is 7.20. The van der Waals surface area contributed by atoms with Gasteiger partial charge in [-0.1, -0.05) is 30.3 Å². The molecular formula is C20H15F2NO3S. The normalized spacial score (nSPS) is 10.5. The predicted octanol–water partition coefficient (Wildman–Crippen LogP) is 5.12. The first-order chi connectivity index (χ1) is 13.0. The molecule has 138 valence electrons. The Balaban J connectivity index is 1.96. The molecule has 0 radical (unpaired) electrons. The number of ether oxygens (including phenoxy) is 1. The molecule has 1 aromatic heterocycles. The minimum absolute atomic E-state index is 0.176. The van der Waals surface area contributed by atoms with Crippen molar-refractivity contribution in [3.05, 3.63) is 77.4 Å². The van der Waals surface area contributed by atoms with Gasteiger partial charge in [0.05, 0.1) is 17.7 Å². The van der Waals surface area contributed by atoms with Gasteiger partial charge in [-0.3, -0.25) is 4.79 Å². The van der Waals surface area contributed by atoms with Crippen molar-refractivity contribution < 1.29 is 23.1 Å². The van der Waals surface area contributed by atoms with Crippen molar-refractivity contribution in [1.82, 2.24) is 0 Å². The Morgan fingerprint density at radius 1 is 1.04 bits per heavy atom. The molecule has 3 rings (SSSR count). The summed E-state index contributed by atoms with van der Waals surface area (Å²) in [6, 6.07) is 13.6. The van der Waals surface area contributed by atoms with E-state index in [1.807, 2.05) is 30.3 Å². The monoisotopic (exact) mass is 387 g/mol. The first-order valence-corrected chi connectivity index (χ1v) is 8.94. The summed E-state index contributed by atoms with van der Waals surface area (Å²) >= 11 is 1.17. The zero-order valence-corrected chi connectivity index (χ0v) is 15.1. The molecule has 27 heavy (non-hydrogen) atoms. The number of anilines is 1. The van der Waals surface area contributed by atoms with E-state index in [0.717, 1.165) is 22.6 Å². The molecule has 4 nitrogen and oxygen atoms in total. The van der Waals surface area contributed by atoms with Crippen LogP contribution in [0.3, 0.4) is 0 Å². The Morgan fingerprint density at radius 3 is 2.44 bits per heavy atom. The van der Waals surface area contributed by atoms with Crippen LogP contribution in [0.2, 0.25) is 0 Å². The lowest BCUT2D eigenvalue weighted by atomic mass is 10.1. The average molecular weight is 387 g/mol.